The number of alkyl halides is 3. The molecular weight excluding hydrogens is 279 g/mol. The molecule has 114 valence electrons. The lowest BCUT2D eigenvalue weighted by Gasteiger charge is -2.29. The van der Waals surface area contributed by atoms with Gasteiger partial charge in [0.2, 0.25) is 0 Å². The third-order valence-electron chi connectivity index (χ3n) is 2.61. The molecule has 1 aromatic rings. The zero-order valence-corrected chi connectivity index (χ0v) is 10.7. The van der Waals surface area contributed by atoms with Crippen molar-refractivity contribution < 1.29 is 28.1 Å². The van der Waals surface area contributed by atoms with Crippen LogP contribution in [0.3, 0.4) is 0 Å². The Kier molecular flexibility index (Phi) is 5.66. The number of rotatable bonds is 0. The molecule has 0 spiro atoms. The number of hydrogen-bond donors (Lipinski definition) is 3. The van der Waals surface area contributed by atoms with Crippen LogP contribution in [0.2, 0.25) is 0 Å². The topological polar surface area (TPSA) is 101 Å². The van der Waals surface area contributed by atoms with Gasteiger partial charge in [0, 0.05) is 6.61 Å². The van der Waals surface area contributed by atoms with E-state index in [1.807, 2.05) is 0 Å². The van der Waals surface area contributed by atoms with Gasteiger partial charge in [0.15, 0.2) is 5.69 Å². The van der Waals surface area contributed by atoms with Gasteiger partial charge < -0.3 is 20.7 Å². The minimum Gasteiger partial charge on any atom is -0.390 e. The first-order valence-corrected chi connectivity index (χ1v) is 5.84. The molecule has 3 atom stereocenters. The Labute approximate surface area is 113 Å². The van der Waals surface area contributed by atoms with Crippen molar-refractivity contribution in [3.8, 4) is 0 Å². The van der Waals surface area contributed by atoms with Crippen LogP contribution in [0.1, 0.15) is 19.0 Å². The number of nitrogens with zero attached hydrogens (tertiary/aromatic N) is 2. The van der Waals surface area contributed by atoms with Crippen molar-refractivity contribution in [3.63, 3.8) is 0 Å². The standard InChI is InChI=1S/C6H12O3.C5H4F3N3/c1-4-6(8)5(7)2-3-9-4;6-5(7,8)3-1-10-2-4(9)11-3/h4-8H,2-3H2,1H3;1-2H,(H2,9,11). The van der Waals surface area contributed by atoms with Crippen molar-refractivity contribution in [2.75, 3.05) is 12.3 Å². The van der Waals surface area contributed by atoms with E-state index in [0.29, 0.717) is 19.2 Å². The Bertz CT molecular complexity index is 421. The summed E-state index contributed by atoms with van der Waals surface area (Å²) < 4.78 is 40.5. The summed E-state index contributed by atoms with van der Waals surface area (Å²) in [6.45, 7) is 2.31. The number of nitrogen functional groups attached to an aromatic ring is 1. The molecule has 0 amide bonds. The van der Waals surface area contributed by atoms with Crippen molar-refractivity contribution in [1.82, 2.24) is 9.97 Å². The Hall–Kier alpha value is -1.45. The van der Waals surface area contributed by atoms with Crippen LogP contribution in [-0.2, 0) is 10.9 Å². The molecule has 1 aliphatic rings. The average molecular weight is 295 g/mol. The Morgan fingerprint density at radius 1 is 1.35 bits per heavy atom. The maximum Gasteiger partial charge on any atom is 0.434 e. The van der Waals surface area contributed by atoms with E-state index >= 15 is 0 Å². The highest BCUT2D eigenvalue weighted by molar-refractivity contribution is 5.24. The molecule has 1 fully saturated rings. The van der Waals surface area contributed by atoms with E-state index in [9.17, 15) is 13.2 Å². The van der Waals surface area contributed by atoms with Crippen LogP contribution in [0.5, 0.6) is 0 Å². The molecule has 1 aromatic heterocycles. The summed E-state index contributed by atoms with van der Waals surface area (Å²) in [5.41, 5.74) is 3.91. The number of halogens is 3. The van der Waals surface area contributed by atoms with Gasteiger partial charge in [-0.05, 0) is 13.3 Å². The SMILES string of the molecule is CC1OCCC(O)C1O.Nc1cncc(C(F)(F)F)n1. The van der Waals surface area contributed by atoms with Gasteiger partial charge in [0.05, 0.1) is 24.6 Å². The number of hydrogen-bond acceptors (Lipinski definition) is 6. The zero-order chi connectivity index (χ0) is 15.3. The zero-order valence-electron chi connectivity index (χ0n) is 10.7. The highest BCUT2D eigenvalue weighted by Crippen LogP contribution is 2.26. The quantitative estimate of drug-likeness (QED) is 0.647. The van der Waals surface area contributed by atoms with E-state index in [1.54, 1.807) is 6.92 Å². The second kappa shape index (κ2) is 6.82. The molecule has 1 saturated heterocycles. The number of aliphatic hydroxyl groups is 2. The van der Waals surface area contributed by atoms with Crippen molar-refractivity contribution in [2.24, 2.45) is 0 Å². The predicted octanol–water partition coefficient (Wildman–Crippen LogP) is 0.595. The molecule has 2 heterocycles. The van der Waals surface area contributed by atoms with E-state index in [0.717, 1.165) is 6.20 Å². The second-order valence-electron chi connectivity index (χ2n) is 4.25. The summed E-state index contributed by atoms with van der Waals surface area (Å²) in [6.07, 6.45) is -3.75. The average Bonchev–Trinajstić information content (AvgIpc) is 2.36. The fourth-order valence-corrected chi connectivity index (χ4v) is 1.47. The minimum absolute atomic E-state index is 0.214. The third kappa shape index (κ3) is 4.91. The van der Waals surface area contributed by atoms with Gasteiger partial charge in [-0.3, -0.25) is 4.98 Å². The summed E-state index contributed by atoms with van der Waals surface area (Å²) in [5, 5.41) is 18.1. The molecule has 4 N–H and O–H groups in total. The first kappa shape index (κ1) is 16.6. The molecule has 1 aliphatic heterocycles. The molecule has 6 nitrogen and oxygen atoms in total. The summed E-state index contributed by atoms with van der Waals surface area (Å²) in [7, 11) is 0. The number of aliphatic hydroxyl groups excluding tert-OH is 2. The number of ether oxygens (including phenoxy) is 1. The summed E-state index contributed by atoms with van der Waals surface area (Å²) in [6, 6.07) is 0. The number of aromatic nitrogens is 2. The Morgan fingerprint density at radius 2 is 2.00 bits per heavy atom. The molecular formula is C11H16F3N3O3. The highest BCUT2D eigenvalue weighted by Gasteiger charge is 2.32. The molecule has 0 bridgehead atoms. The fraction of sp³-hybridized carbons (Fsp3) is 0.636. The van der Waals surface area contributed by atoms with Crippen LogP contribution < -0.4 is 5.73 Å². The lowest BCUT2D eigenvalue weighted by molar-refractivity contribution is -0.141. The van der Waals surface area contributed by atoms with E-state index < -0.39 is 24.1 Å². The van der Waals surface area contributed by atoms with Gasteiger partial charge in [-0.1, -0.05) is 0 Å². The van der Waals surface area contributed by atoms with E-state index in [-0.39, 0.29) is 11.9 Å². The molecule has 0 aliphatic carbocycles. The van der Waals surface area contributed by atoms with Crippen molar-refractivity contribution in [3.05, 3.63) is 18.1 Å². The van der Waals surface area contributed by atoms with Crippen LogP contribution in [0, 0.1) is 0 Å². The summed E-state index contributed by atoms with van der Waals surface area (Å²) in [4.78, 5) is 6.28. The molecule has 2 rings (SSSR count). The molecule has 0 saturated carbocycles. The third-order valence-corrected chi connectivity index (χ3v) is 2.61. The van der Waals surface area contributed by atoms with E-state index in [1.165, 1.54) is 0 Å². The highest BCUT2D eigenvalue weighted by atomic mass is 19.4. The van der Waals surface area contributed by atoms with Gasteiger partial charge in [-0.15, -0.1) is 0 Å². The van der Waals surface area contributed by atoms with Crippen LogP contribution in [0.4, 0.5) is 19.0 Å². The second-order valence-corrected chi connectivity index (χ2v) is 4.25. The van der Waals surface area contributed by atoms with Gasteiger partial charge in [-0.25, -0.2) is 4.98 Å². The van der Waals surface area contributed by atoms with Gasteiger partial charge in [-0.2, -0.15) is 13.2 Å². The summed E-state index contributed by atoms with van der Waals surface area (Å²) >= 11 is 0. The number of nitrogens with two attached hydrogens (primary N) is 1. The van der Waals surface area contributed by atoms with Gasteiger partial charge in [0.1, 0.15) is 11.9 Å². The molecule has 0 radical (unpaired) electrons. The lowest BCUT2D eigenvalue weighted by Crippen LogP contribution is -2.42. The van der Waals surface area contributed by atoms with Crippen molar-refractivity contribution in [2.45, 2.75) is 37.8 Å². The molecule has 20 heavy (non-hydrogen) atoms. The van der Waals surface area contributed by atoms with Crippen molar-refractivity contribution in [1.29, 1.82) is 0 Å². The van der Waals surface area contributed by atoms with E-state index in [2.05, 4.69) is 9.97 Å². The Morgan fingerprint density at radius 3 is 2.40 bits per heavy atom. The maximum absolute atomic E-state index is 11.8. The van der Waals surface area contributed by atoms with Gasteiger partial charge >= 0.3 is 6.18 Å². The number of anilines is 1. The van der Waals surface area contributed by atoms with Crippen molar-refractivity contribution >= 4 is 5.82 Å². The fourth-order valence-electron chi connectivity index (χ4n) is 1.47. The Balaban J connectivity index is 0.000000204. The first-order valence-electron chi connectivity index (χ1n) is 5.84. The van der Waals surface area contributed by atoms with E-state index in [4.69, 9.17) is 20.7 Å². The normalized spacial score (nSPS) is 26.6. The summed E-state index contributed by atoms with van der Waals surface area (Å²) in [5.74, 6) is -0.236. The molecule has 0 aromatic carbocycles. The smallest absolute Gasteiger partial charge is 0.390 e. The van der Waals surface area contributed by atoms with Crippen LogP contribution in [0.15, 0.2) is 12.4 Å². The minimum atomic E-state index is -4.47. The molecule has 9 heteroatoms. The van der Waals surface area contributed by atoms with Crippen LogP contribution in [0.25, 0.3) is 0 Å². The maximum atomic E-state index is 11.8. The predicted molar refractivity (Wildman–Crippen MR) is 63.5 cm³/mol. The van der Waals surface area contributed by atoms with Crippen LogP contribution >= 0.6 is 0 Å². The monoisotopic (exact) mass is 295 g/mol. The van der Waals surface area contributed by atoms with Crippen LogP contribution in [-0.4, -0.2) is 45.1 Å². The first-order chi connectivity index (χ1) is 9.21. The molecule has 3 unspecified atom stereocenters. The lowest BCUT2D eigenvalue weighted by atomic mass is 10.0. The van der Waals surface area contributed by atoms with Gasteiger partial charge in [0.25, 0.3) is 0 Å². The largest absolute Gasteiger partial charge is 0.434 e.